The van der Waals surface area contributed by atoms with E-state index in [0.29, 0.717) is 79.1 Å². The van der Waals surface area contributed by atoms with E-state index in [1.807, 2.05) is 30.3 Å². The molecule has 0 unspecified atom stereocenters. The maximum atomic E-state index is 11.8. The molecule has 0 saturated heterocycles. The van der Waals surface area contributed by atoms with Crippen molar-refractivity contribution in [2.45, 2.75) is 116 Å². The maximum absolute atomic E-state index is 11.8. The van der Waals surface area contributed by atoms with Crippen molar-refractivity contribution in [1.82, 2.24) is 0 Å². The number of carbonyl (C=O) groups excluding carboxylic acids is 1. The molecule has 0 heterocycles. The molecular formula is C35H62O7. The quantitative estimate of drug-likeness (QED) is 0.0602. The van der Waals surface area contributed by atoms with E-state index < -0.39 is 0 Å². The van der Waals surface area contributed by atoms with Gasteiger partial charge in [0.05, 0.1) is 66.1 Å². The third-order valence-corrected chi connectivity index (χ3v) is 7.07. The molecule has 0 aliphatic heterocycles. The van der Waals surface area contributed by atoms with Crippen LogP contribution in [0.5, 0.6) is 0 Å². The molecule has 0 bridgehead atoms. The highest BCUT2D eigenvalue weighted by Crippen LogP contribution is 2.13. The summed E-state index contributed by atoms with van der Waals surface area (Å²) in [5.41, 5.74) is 1.16. The van der Waals surface area contributed by atoms with E-state index in [1.54, 1.807) is 0 Å². The van der Waals surface area contributed by atoms with Crippen LogP contribution in [0, 0.1) is 0 Å². The zero-order chi connectivity index (χ0) is 30.0. The van der Waals surface area contributed by atoms with Gasteiger partial charge in [0.1, 0.15) is 6.61 Å². The highest BCUT2D eigenvalue weighted by Gasteiger charge is 2.03. The molecule has 0 aliphatic rings. The standard InChI is InChI=1S/C35H62O7/c1-2-3-4-5-6-7-8-9-10-11-12-13-14-15-19-22-35(36)42-32-31-40-28-27-38-24-23-37-25-26-39-29-30-41-33-34-20-17-16-18-21-34/h16-18,20-21H,2-15,19,22-33H2,1H3. The molecule has 0 radical (unpaired) electrons. The van der Waals surface area contributed by atoms with Crippen molar-refractivity contribution in [3.8, 4) is 0 Å². The van der Waals surface area contributed by atoms with E-state index in [-0.39, 0.29) is 5.97 Å². The first kappa shape index (κ1) is 38.5. The largest absolute Gasteiger partial charge is 0.463 e. The predicted molar refractivity (Wildman–Crippen MR) is 170 cm³/mol. The fraction of sp³-hybridized carbons (Fsp3) is 0.800. The first-order valence-electron chi connectivity index (χ1n) is 16.9. The molecule has 1 aromatic rings. The van der Waals surface area contributed by atoms with Crippen LogP contribution in [0.15, 0.2) is 30.3 Å². The van der Waals surface area contributed by atoms with Gasteiger partial charge in [0.2, 0.25) is 0 Å². The van der Waals surface area contributed by atoms with Gasteiger partial charge in [0.15, 0.2) is 0 Å². The summed E-state index contributed by atoms with van der Waals surface area (Å²) in [4.78, 5) is 11.8. The van der Waals surface area contributed by atoms with Gasteiger partial charge in [-0.15, -0.1) is 0 Å². The summed E-state index contributed by atoms with van der Waals surface area (Å²) in [7, 11) is 0. The van der Waals surface area contributed by atoms with Crippen LogP contribution in [0.2, 0.25) is 0 Å². The minimum absolute atomic E-state index is 0.120. The molecule has 0 spiro atoms. The summed E-state index contributed by atoms with van der Waals surface area (Å²) >= 11 is 0. The van der Waals surface area contributed by atoms with Crippen LogP contribution in [0.25, 0.3) is 0 Å². The average molecular weight is 595 g/mol. The zero-order valence-electron chi connectivity index (χ0n) is 26.8. The van der Waals surface area contributed by atoms with E-state index >= 15 is 0 Å². The Morgan fingerprint density at radius 1 is 0.476 bits per heavy atom. The Morgan fingerprint density at radius 2 is 0.857 bits per heavy atom. The number of carbonyl (C=O) groups is 1. The molecule has 0 fully saturated rings. The Balaban J connectivity index is 1.67. The molecule has 1 aromatic carbocycles. The van der Waals surface area contributed by atoms with Gasteiger partial charge in [0, 0.05) is 6.42 Å². The molecule has 7 heteroatoms. The number of hydrogen-bond acceptors (Lipinski definition) is 7. The molecule has 0 N–H and O–H groups in total. The molecule has 0 amide bonds. The van der Waals surface area contributed by atoms with Crippen LogP contribution in [0.4, 0.5) is 0 Å². The molecule has 0 saturated carbocycles. The average Bonchev–Trinajstić information content (AvgIpc) is 3.01. The lowest BCUT2D eigenvalue weighted by molar-refractivity contribution is -0.145. The molecule has 42 heavy (non-hydrogen) atoms. The molecule has 0 aliphatic carbocycles. The Morgan fingerprint density at radius 3 is 1.31 bits per heavy atom. The van der Waals surface area contributed by atoms with Crippen LogP contribution in [-0.4, -0.2) is 72.0 Å². The second-order valence-electron chi connectivity index (χ2n) is 10.9. The molecule has 1 rings (SSSR count). The number of benzene rings is 1. The second-order valence-corrected chi connectivity index (χ2v) is 10.9. The van der Waals surface area contributed by atoms with Crippen LogP contribution in [0.1, 0.15) is 115 Å². The van der Waals surface area contributed by atoms with Crippen LogP contribution < -0.4 is 0 Å². The summed E-state index contributed by atoms with van der Waals surface area (Å²) in [6, 6.07) is 10.1. The van der Waals surface area contributed by atoms with Crippen LogP contribution in [-0.2, 0) is 39.8 Å². The van der Waals surface area contributed by atoms with Gasteiger partial charge in [-0.3, -0.25) is 4.79 Å². The number of ether oxygens (including phenoxy) is 6. The first-order valence-corrected chi connectivity index (χ1v) is 16.9. The number of hydrogen-bond donors (Lipinski definition) is 0. The van der Waals surface area contributed by atoms with Gasteiger partial charge in [-0.1, -0.05) is 127 Å². The SMILES string of the molecule is CCCCCCCCCCCCCCCCCC(=O)OCCOCCOCCOCCOCCOCc1ccccc1. The molecular weight excluding hydrogens is 532 g/mol. The number of rotatable bonds is 33. The van der Waals surface area contributed by atoms with Gasteiger partial charge in [-0.2, -0.15) is 0 Å². The van der Waals surface area contributed by atoms with Crippen molar-refractivity contribution in [2.75, 3.05) is 66.1 Å². The minimum atomic E-state index is -0.120. The lowest BCUT2D eigenvalue weighted by Crippen LogP contribution is -2.15. The molecule has 0 aromatic heterocycles. The minimum Gasteiger partial charge on any atom is -0.463 e. The lowest BCUT2D eigenvalue weighted by atomic mass is 10.0. The van der Waals surface area contributed by atoms with Gasteiger partial charge in [-0.05, 0) is 12.0 Å². The predicted octanol–water partition coefficient (Wildman–Crippen LogP) is 8.07. The van der Waals surface area contributed by atoms with Crippen molar-refractivity contribution < 1.29 is 33.2 Å². The third-order valence-electron chi connectivity index (χ3n) is 7.07. The summed E-state index contributed by atoms with van der Waals surface area (Å²) in [6.07, 6.45) is 20.3. The monoisotopic (exact) mass is 594 g/mol. The summed E-state index contributed by atoms with van der Waals surface area (Å²) in [5.74, 6) is -0.120. The Kier molecular flexibility index (Phi) is 29.7. The Bertz CT molecular complexity index is 671. The van der Waals surface area contributed by atoms with Gasteiger partial charge < -0.3 is 28.4 Å². The van der Waals surface area contributed by atoms with Gasteiger partial charge in [0.25, 0.3) is 0 Å². The smallest absolute Gasteiger partial charge is 0.305 e. The Labute approximate surface area is 257 Å². The topological polar surface area (TPSA) is 72.5 Å². The lowest BCUT2D eigenvalue weighted by Gasteiger charge is -2.08. The van der Waals surface area contributed by atoms with Crippen molar-refractivity contribution >= 4 is 5.97 Å². The normalized spacial score (nSPS) is 11.3. The van der Waals surface area contributed by atoms with E-state index in [9.17, 15) is 4.79 Å². The Hall–Kier alpha value is -1.51. The van der Waals surface area contributed by atoms with Crippen molar-refractivity contribution in [2.24, 2.45) is 0 Å². The highest BCUT2D eigenvalue weighted by atomic mass is 16.6. The third kappa shape index (κ3) is 28.6. The van der Waals surface area contributed by atoms with Gasteiger partial charge >= 0.3 is 5.97 Å². The van der Waals surface area contributed by atoms with E-state index in [2.05, 4.69) is 6.92 Å². The van der Waals surface area contributed by atoms with Gasteiger partial charge in [-0.25, -0.2) is 0 Å². The van der Waals surface area contributed by atoms with E-state index in [4.69, 9.17) is 28.4 Å². The first-order chi connectivity index (χ1) is 20.8. The van der Waals surface area contributed by atoms with E-state index in [0.717, 1.165) is 18.4 Å². The van der Waals surface area contributed by atoms with Crippen molar-refractivity contribution in [1.29, 1.82) is 0 Å². The molecule has 7 nitrogen and oxygen atoms in total. The number of unbranched alkanes of at least 4 members (excludes halogenated alkanes) is 14. The fourth-order valence-corrected chi connectivity index (χ4v) is 4.57. The highest BCUT2D eigenvalue weighted by molar-refractivity contribution is 5.69. The summed E-state index contributed by atoms with van der Waals surface area (Å²) < 4.78 is 32.7. The molecule has 244 valence electrons. The van der Waals surface area contributed by atoms with Crippen LogP contribution >= 0.6 is 0 Å². The van der Waals surface area contributed by atoms with Crippen molar-refractivity contribution in [3.05, 3.63) is 35.9 Å². The van der Waals surface area contributed by atoms with Crippen molar-refractivity contribution in [3.63, 3.8) is 0 Å². The zero-order valence-corrected chi connectivity index (χ0v) is 26.8. The van der Waals surface area contributed by atoms with E-state index in [1.165, 1.54) is 83.5 Å². The summed E-state index contributed by atoms with van der Waals surface area (Å²) in [5, 5.41) is 0. The maximum Gasteiger partial charge on any atom is 0.305 e. The fourth-order valence-electron chi connectivity index (χ4n) is 4.57. The second kappa shape index (κ2) is 32.4. The summed E-state index contributed by atoms with van der Waals surface area (Å²) in [6.45, 7) is 7.77. The number of esters is 1. The molecule has 0 atom stereocenters. The van der Waals surface area contributed by atoms with Crippen LogP contribution in [0.3, 0.4) is 0 Å².